The molecule has 0 bridgehead atoms. The van der Waals surface area contributed by atoms with Crippen LogP contribution < -0.4 is 5.32 Å². The zero-order chi connectivity index (χ0) is 15.4. The predicted molar refractivity (Wildman–Crippen MR) is 91.7 cm³/mol. The van der Waals surface area contributed by atoms with E-state index in [-0.39, 0.29) is 5.91 Å². The van der Waals surface area contributed by atoms with Gasteiger partial charge < -0.3 is 10.1 Å². The first-order valence-corrected chi connectivity index (χ1v) is 9.47. The summed E-state index contributed by atoms with van der Waals surface area (Å²) in [6.45, 7) is 1.22. The van der Waals surface area contributed by atoms with Gasteiger partial charge in [0.15, 0.2) is 0 Å². The molecule has 0 aliphatic carbocycles. The van der Waals surface area contributed by atoms with Gasteiger partial charge in [0.2, 0.25) is 5.91 Å². The maximum Gasteiger partial charge on any atom is 0.231 e. The van der Waals surface area contributed by atoms with Gasteiger partial charge in [0.05, 0.1) is 5.41 Å². The van der Waals surface area contributed by atoms with Crippen LogP contribution in [0.4, 0.5) is 0 Å². The molecule has 2 heterocycles. The molecule has 2 fully saturated rings. The second-order valence-electron chi connectivity index (χ2n) is 6.03. The summed E-state index contributed by atoms with van der Waals surface area (Å²) in [5, 5.41) is 3.97. The first-order chi connectivity index (χ1) is 10.7. The van der Waals surface area contributed by atoms with Gasteiger partial charge in [0.1, 0.15) is 0 Å². The number of carbonyl (C=O) groups excluding carboxylic acids is 1. The second kappa shape index (κ2) is 7.24. The quantitative estimate of drug-likeness (QED) is 0.917. The van der Waals surface area contributed by atoms with Crippen LogP contribution in [0.2, 0.25) is 5.02 Å². The van der Waals surface area contributed by atoms with Gasteiger partial charge in [-0.3, -0.25) is 4.79 Å². The fourth-order valence-corrected chi connectivity index (χ4v) is 4.78. The highest BCUT2D eigenvalue weighted by atomic mass is 35.5. The van der Waals surface area contributed by atoms with E-state index in [9.17, 15) is 4.79 Å². The van der Waals surface area contributed by atoms with Gasteiger partial charge in [-0.2, -0.15) is 11.8 Å². The van der Waals surface area contributed by atoms with E-state index in [4.69, 9.17) is 16.3 Å². The van der Waals surface area contributed by atoms with Crippen LogP contribution in [0.1, 0.15) is 31.2 Å². The van der Waals surface area contributed by atoms with Crippen molar-refractivity contribution in [3.63, 3.8) is 0 Å². The van der Waals surface area contributed by atoms with Gasteiger partial charge in [-0.15, -0.1) is 0 Å². The highest BCUT2D eigenvalue weighted by Gasteiger charge is 2.43. The Kier molecular flexibility index (Phi) is 5.32. The molecule has 1 aromatic rings. The first kappa shape index (κ1) is 16.2. The fourth-order valence-electron chi connectivity index (χ4n) is 3.35. The van der Waals surface area contributed by atoms with Gasteiger partial charge in [-0.1, -0.05) is 29.8 Å². The van der Waals surface area contributed by atoms with Gasteiger partial charge in [0.25, 0.3) is 0 Å². The summed E-state index contributed by atoms with van der Waals surface area (Å²) < 4.78 is 5.50. The molecule has 0 unspecified atom stereocenters. The molecule has 2 aliphatic heterocycles. The first-order valence-electron chi connectivity index (χ1n) is 7.94. The van der Waals surface area contributed by atoms with Crippen molar-refractivity contribution in [2.75, 3.05) is 24.7 Å². The summed E-state index contributed by atoms with van der Waals surface area (Å²) in [4.78, 5) is 13.1. The molecule has 0 saturated carbocycles. The van der Waals surface area contributed by atoms with Crippen LogP contribution in [-0.4, -0.2) is 36.7 Å². The molecule has 5 heteroatoms. The Hall–Kier alpha value is -0.710. The Bertz CT molecular complexity index is 525. The predicted octanol–water partition coefficient (Wildman–Crippen LogP) is 3.40. The van der Waals surface area contributed by atoms with Crippen molar-refractivity contribution < 1.29 is 9.53 Å². The van der Waals surface area contributed by atoms with Crippen molar-refractivity contribution in [1.82, 2.24) is 5.32 Å². The van der Waals surface area contributed by atoms with Crippen LogP contribution >= 0.6 is 23.4 Å². The van der Waals surface area contributed by atoms with Crippen LogP contribution in [0.5, 0.6) is 0 Å². The lowest BCUT2D eigenvalue weighted by Gasteiger charge is -2.38. The van der Waals surface area contributed by atoms with Crippen molar-refractivity contribution in [1.29, 1.82) is 0 Å². The summed E-state index contributed by atoms with van der Waals surface area (Å²) in [7, 11) is 0. The largest absolute Gasteiger partial charge is 0.381 e. The minimum absolute atomic E-state index is 0.126. The number of rotatable bonds is 3. The number of thioether (sulfide) groups is 1. The number of benzene rings is 1. The lowest BCUT2D eigenvalue weighted by Crippen LogP contribution is -2.51. The number of hydrogen-bond donors (Lipinski definition) is 1. The van der Waals surface area contributed by atoms with Gasteiger partial charge >= 0.3 is 0 Å². The van der Waals surface area contributed by atoms with E-state index in [2.05, 4.69) is 5.32 Å². The smallest absolute Gasteiger partial charge is 0.231 e. The van der Waals surface area contributed by atoms with Crippen molar-refractivity contribution in [2.45, 2.75) is 37.1 Å². The maximum atomic E-state index is 13.1. The van der Waals surface area contributed by atoms with Crippen molar-refractivity contribution in [3.8, 4) is 0 Å². The summed E-state index contributed by atoms with van der Waals surface area (Å²) in [6, 6.07) is 8.04. The van der Waals surface area contributed by atoms with Gasteiger partial charge in [0, 0.05) is 24.3 Å². The average Bonchev–Trinajstić information content (AvgIpc) is 2.57. The summed E-state index contributed by atoms with van der Waals surface area (Å²) in [5.41, 5.74) is 0.406. The third-order valence-corrected chi connectivity index (χ3v) is 6.11. The molecule has 22 heavy (non-hydrogen) atoms. The molecule has 2 aliphatic rings. The molecule has 0 aromatic heterocycles. The Morgan fingerprint density at radius 3 is 2.59 bits per heavy atom. The van der Waals surface area contributed by atoms with Crippen LogP contribution in [0.25, 0.3) is 0 Å². The molecule has 1 amide bonds. The van der Waals surface area contributed by atoms with Crippen LogP contribution in [0, 0.1) is 0 Å². The lowest BCUT2D eigenvalue weighted by atomic mass is 9.73. The molecule has 0 atom stereocenters. The Morgan fingerprint density at radius 2 is 1.91 bits per heavy atom. The maximum absolute atomic E-state index is 13.1. The molecule has 2 saturated heterocycles. The van der Waals surface area contributed by atoms with E-state index in [0.29, 0.717) is 37.1 Å². The normalized spacial score (nSPS) is 22.2. The number of halogens is 1. The molecule has 0 radical (unpaired) electrons. The molecule has 1 aromatic carbocycles. The summed E-state index contributed by atoms with van der Waals surface area (Å²) in [6.07, 6.45) is 3.52. The molecule has 120 valence electrons. The van der Waals surface area contributed by atoms with Gasteiger partial charge in [-0.05, 0) is 48.8 Å². The van der Waals surface area contributed by atoms with E-state index >= 15 is 0 Å². The monoisotopic (exact) mass is 339 g/mol. The van der Waals surface area contributed by atoms with Crippen LogP contribution in [0.15, 0.2) is 24.3 Å². The van der Waals surface area contributed by atoms with Crippen LogP contribution in [0.3, 0.4) is 0 Å². The number of nitrogens with one attached hydrogen (secondary N) is 1. The summed E-state index contributed by atoms with van der Waals surface area (Å²) in [5.74, 6) is 2.39. The van der Waals surface area contributed by atoms with Crippen molar-refractivity contribution in [3.05, 3.63) is 34.9 Å². The lowest BCUT2D eigenvalue weighted by molar-refractivity contribution is -0.131. The Labute approximate surface area is 141 Å². The molecule has 1 N–H and O–H groups in total. The Morgan fingerprint density at radius 1 is 1.23 bits per heavy atom. The van der Waals surface area contributed by atoms with E-state index in [1.54, 1.807) is 0 Å². The molecular formula is C17H22ClNO2S. The molecule has 0 spiro atoms. The third kappa shape index (κ3) is 3.29. The van der Waals surface area contributed by atoms with E-state index in [1.165, 1.54) is 0 Å². The highest BCUT2D eigenvalue weighted by molar-refractivity contribution is 7.99. The number of amides is 1. The zero-order valence-corrected chi connectivity index (χ0v) is 14.2. The Balaban J connectivity index is 1.85. The second-order valence-corrected chi connectivity index (χ2v) is 7.67. The number of carbonyl (C=O) groups is 1. The van der Waals surface area contributed by atoms with Crippen LogP contribution in [-0.2, 0) is 14.9 Å². The number of ether oxygens (including phenoxy) is 1. The molecule has 3 rings (SSSR count). The number of hydrogen-bond acceptors (Lipinski definition) is 3. The zero-order valence-electron chi connectivity index (χ0n) is 12.6. The van der Waals surface area contributed by atoms with E-state index in [1.807, 2.05) is 36.0 Å². The minimum Gasteiger partial charge on any atom is -0.381 e. The minimum atomic E-state index is -0.540. The van der Waals surface area contributed by atoms with Crippen molar-refractivity contribution in [2.24, 2.45) is 0 Å². The third-order valence-electron chi connectivity index (χ3n) is 4.73. The average molecular weight is 340 g/mol. The van der Waals surface area contributed by atoms with Crippen molar-refractivity contribution >= 4 is 29.3 Å². The van der Waals surface area contributed by atoms with E-state index in [0.717, 1.165) is 29.9 Å². The topological polar surface area (TPSA) is 38.3 Å². The molecule has 3 nitrogen and oxygen atoms in total. The summed E-state index contributed by atoms with van der Waals surface area (Å²) >= 11 is 8.38. The van der Waals surface area contributed by atoms with E-state index < -0.39 is 5.41 Å². The standard InChI is InChI=1S/C17H22ClNO2S/c18-15-4-2-1-3-14(15)17(7-9-21-10-8-17)16(20)19-13-5-11-22-12-6-13/h1-4,13H,5-12H2,(H,19,20). The fraction of sp³-hybridized carbons (Fsp3) is 0.588. The highest BCUT2D eigenvalue weighted by Crippen LogP contribution is 2.39. The SMILES string of the molecule is O=C(NC1CCSCC1)C1(c2ccccc2Cl)CCOCC1. The molecular weight excluding hydrogens is 318 g/mol. The van der Waals surface area contributed by atoms with Gasteiger partial charge in [-0.25, -0.2) is 0 Å².